The number of thiophene rings is 1. The molecule has 0 radical (unpaired) electrons. The van der Waals surface area contributed by atoms with Crippen LogP contribution in [-0.4, -0.2) is 11.2 Å². The monoisotopic (exact) mass is 258 g/mol. The lowest BCUT2D eigenvalue weighted by atomic mass is 9.77. The molecule has 1 N–H and O–H groups in total. The van der Waals surface area contributed by atoms with E-state index >= 15 is 0 Å². The summed E-state index contributed by atoms with van der Waals surface area (Å²) >= 11 is 7.57. The normalized spacial score (nSPS) is 30.6. The van der Waals surface area contributed by atoms with Crippen LogP contribution in [0, 0.1) is 11.8 Å². The quantitative estimate of drug-likeness (QED) is 0.864. The summed E-state index contributed by atoms with van der Waals surface area (Å²) in [6.07, 6.45) is 5.47. The first kappa shape index (κ1) is 12.4. The highest BCUT2D eigenvalue weighted by Crippen LogP contribution is 2.35. The van der Waals surface area contributed by atoms with Crippen LogP contribution in [0.3, 0.4) is 0 Å². The lowest BCUT2D eigenvalue weighted by Gasteiger charge is -2.32. The van der Waals surface area contributed by atoms with E-state index in [2.05, 4.69) is 13.0 Å². The molecule has 16 heavy (non-hydrogen) atoms. The molecule has 90 valence electrons. The van der Waals surface area contributed by atoms with Crippen LogP contribution >= 0.6 is 22.9 Å². The lowest BCUT2D eigenvalue weighted by Crippen LogP contribution is -2.30. The molecule has 2 rings (SSSR count). The molecule has 0 aromatic carbocycles. The van der Waals surface area contributed by atoms with E-state index in [-0.39, 0.29) is 6.10 Å². The third kappa shape index (κ3) is 2.99. The molecule has 0 saturated heterocycles. The number of hydrogen-bond acceptors (Lipinski definition) is 2. The topological polar surface area (TPSA) is 20.2 Å². The summed E-state index contributed by atoms with van der Waals surface area (Å²) in [6.45, 7) is 2.25. The van der Waals surface area contributed by atoms with Crippen molar-refractivity contribution in [1.29, 1.82) is 0 Å². The summed E-state index contributed by atoms with van der Waals surface area (Å²) in [5.74, 6) is 1.25. The number of hydrogen-bond donors (Lipinski definition) is 1. The van der Waals surface area contributed by atoms with Crippen molar-refractivity contribution in [2.45, 2.75) is 45.1 Å². The van der Waals surface area contributed by atoms with Gasteiger partial charge in [0.05, 0.1) is 10.4 Å². The highest BCUT2D eigenvalue weighted by atomic mass is 35.5. The summed E-state index contributed by atoms with van der Waals surface area (Å²) < 4.78 is 0.854. The van der Waals surface area contributed by atoms with Crippen LogP contribution in [0.15, 0.2) is 12.1 Å². The molecular formula is C13H19ClOS. The molecule has 1 nitrogen and oxygen atoms in total. The van der Waals surface area contributed by atoms with Crippen molar-refractivity contribution in [3.63, 3.8) is 0 Å². The predicted octanol–water partition coefficient (Wildman–Crippen LogP) is 4.13. The van der Waals surface area contributed by atoms with Gasteiger partial charge < -0.3 is 5.11 Å². The van der Waals surface area contributed by atoms with E-state index in [0.29, 0.717) is 5.92 Å². The summed E-state index contributed by atoms with van der Waals surface area (Å²) in [5.41, 5.74) is 0. The molecule has 1 aliphatic carbocycles. The molecule has 1 aliphatic rings. The Bertz CT molecular complexity index is 336. The van der Waals surface area contributed by atoms with Crippen LogP contribution in [0.5, 0.6) is 0 Å². The van der Waals surface area contributed by atoms with Crippen molar-refractivity contribution < 1.29 is 5.11 Å². The van der Waals surface area contributed by atoms with Crippen LogP contribution in [0.4, 0.5) is 0 Å². The standard InChI is InChI=1S/C13H19ClOS/c1-2-9-3-5-12(15)10(7-9)8-11-4-6-13(14)16-11/h4,6,9-10,12,15H,2-3,5,7-8H2,1H3. The molecule has 0 amide bonds. The van der Waals surface area contributed by atoms with Crippen LogP contribution in [-0.2, 0) is 6.42 Å². The highest BCUT2D eigenvalue weighted by molar-refractivity contribution is 7.16. The molecule has 1 aromatic heterocycles. The van der Waals surface area contributed by atoms with Crippen molar-refractivity contribution in [3.05, 3.63) is 21.3 Å². The van der Waals surface area contributed by atoms with Crippen molar-refractivity contribution in [3.8, 4) is 0 Å². The summed E-state index contributed by atoms with van der Waals surface area (Å²) in [7, 11) is 0. The van der Waals surface area contributed by atoms with Gasteiger partial charge in [0.1, 0.15) is 0 Å². The zero-order valence-corrected chi connectivity index (χ0v) is 11.2. The first-order valence-electron chi connectivity index (χ1n) is 6.11. The van der Waals surface area contributed by atoms with Gasteiger partial charge in [-0.25, -0.2) is 0 Å². The Balaban J connectivity index is 1.96. The van der Waals surface area contributed by atoms with Crippen LogP contribution in [0.25, 0.3) is 0 Å². The van der Waals surface area contributed by atoms with E-state index in [9.17, 15) is 5.11 Å². The van der Waals surface area contributed by atoms with Crippen molar-refractivity contribution in [2.75, 3.05) is 0 Å². The van der Waals surface area contributed by atoms with Gasteiger partial charge in [-0.1, -0.05) is 24.9 Å². The van der Waals surface area contributed by atoms with E-state index in [1.165, 1.54) is 24.1 Å². The minimum atomic E-state index is -0.108. The Hall–Kier alpha value is -0.0500. The Kier molecular flexibility index (Phi) is 4.28. The second-order valence-electron chi connectivity index (χ2n) is 4.82. The minimum absolute atomic E-state index is 0.108. The number of aliphatic hydroxyl groups is 1. The smallest absolute Gasteiger partial charge is 0.0931 e. The SMILES string of the molecule is CCC1CCC(O)C(Cc2ccc(Cl)s2)C1. The summed E-state index contributed by atoms with van der Waals surface area (Å²) in [6, 6.07) is 4.04. The first-order chi connectivity index (χ1) is 7.69. The van der Waals surface area contributed by atoms with Crippen LogP contribution in [0.1, 0.15) is 37.5 Å². The average Bonchev–Trinajstić information content (AvgIpc) is 2.67. The highest BCUT2D eigenvalue weighted by Gasteiger charge is 2.28. The summed E-state index contributed by atoms with van der Waals surface area (Å²) in [4.78, 5) is 1.31. The first-order valence-corrected chi connectivity index (χ1v) is 7.30. The molecule has 0 spiro atoms. The van der Waals surface area contributed by atoms with Crippen molar-refractivity contribution in [1.82, 2.24) is 0 Å². The fraction of sp³-hybridized carbons (Fsp3) is 0.692. The molecular weight excluding hydrogens is 240 g/mol. The minimum Gasteiger partial charge on any atom is -0.393 e. The number of halogens is 1. The average molecular weight is 259 g/mol. The van der Waals surface area contributed by atoms with E-state index < -0.39 is 0 Å². The van der Waals surface area contributed by atoms with Gasteiger partial charge in [0.2, 0.25) is 0 Å². The predicted molar refractivity (Wildman–Crippen MR) is 70.2 cm³/mol. The molecule has 3 unspecified atom stereocenters. The van der Waals surface area contributed by atoms with Gasteiger partial charge in [0.25, 0.3) is 0 Å². The largest absolute Gasteiger partial charge is 0.393 e. The molecule has 1 saturated carbocycles. The van der Waals surface area contributed by atoms with Gasteiger partial charge in [-0.05, 0) is 49.7 Å². The molecule has 1 aromatic rings. The zero-order valence-electron chi connectivity index (χ0n) is 9.66. The second-order valence-corrected chi connectivity index (χ2v) is 6.62. The van der Waals surface area contributed by atoms with Gasteiger partial charge in [-0.3, -0.25) is 0 Å². The number of rotatable bonds is 3. The van der Waals surface area contributed by atoms with Crippen molar-refractivity contribution in [2.24, 2.45) is 11.8 Å². The molecule has 1 heterocycles. The van der Waals surface area contributed by atoms with Gasteiger partial charge >= 0.3 is 0 Å². The zero-order chi connectivity index (χ0) is 11.5. The maximum absolute atomic E-state index is 10.0. The van der Waals surface area contributed by atoms with Gasteiger partial charge in [0, 0.05) is 4.88 Å². The third-order valence-electron chi connectivity index (χ3n) is 3.72. The molecule has 3 atom stereocenters. The van der Waals surface area contributed by atoms with E-state index in [0.717, 1.165) is 23.1 Å². The van der Waals surface area contributed by atoms with Gasteiger partial charge in [0.15, 0.2) is 0 Å². The third-order valence-corrected chi connectivity index (χ3v) is 4.97. The van der Waals surface area contributed by atoms with E-state index in [1.807, 2.05) is 6.07 Å². The van der Waals surface area contributed by atoms with E-state index in [4.69, 9.17) is 11.6 Å². The molecule has 1 fully saturated rings. The van der Waals surface area contributed by atoms with Crippen molar-refractivity contribution >= 4 is 22.9 Å². The Morgan fingerprint density at radius 3 is 2.88 bits per heavy atom. The number of aliphatic hydroxyl groups excluding tert-OH is 1. The molecule has 0 bridgehead atoms. The molecule has 0 aliphatic heterocycles. The fourth-order valence-electron chi connectivity index (χ4n) is 2.66. The van der Waals surface area contributed by atoms with E-state index in [1.54, 1.807) is 11.3 Å². The van der Waals surface area contributed by atoms with Crippen LogP contribution < -0.4 is 0 Å². The summed E-state index contributed by atoms with van der Waals surface area (Å²) in [5, 5.41) is 10.0. The molecule has 3 heteroatoms. The van der Waals surface area contributed by atoms with Gasteiger partial charge in [-0.15, -0.1) is 11.3 Å². The van der Waals surface area contributed by atoms with Gasteiger partial charge in [-0.2, -0.15) is 0 Å². The Labute approximate surface area is 106 Å². The Morgan fingerprint density at radius 1 is 1.44 bits per heavy atom. The Morgan fingerprint density at radius 2 is 2.25 bits per heavy atom. The maximum Gasteiger partial charge on any atom is 0.0931 e. The second kappa shape index (κ2) is 5.52. The maximum atomic E-state index is 10.0. The lowest BCUT2D eigenvalue weighted by molar-refractivity contribution is 0.0479. The fourth-order valence-corrected chi connectivity index (χ4v) is 3.84. The van der Waals surface area contributed by atoms with Crippen LogP contribution in [0.2, 0.25) is 4.34 Å².